The standard InChI is InChI=1S/C15H27N3S/c1-10-7-11(2)18(9-10)14-17-12(3)13(19-14)8-16-15(4,5)6/h10-11,16H,7-9H2,1-6H3. The van der Waals surface area contributed by atoms with Crippen molar-refractivity contribution in [2.75, 3.05) is 11.4 Å². The molecule has 1 saturated heterocycles. The molecule has 0 saturated carbocycles. The van der Waals surface area contributed by atoms with Crippen LogP contribution < -0.4 is 10.2 Å². The van der Waals surface area contributed by atoms with Crippen LogP contribution in [0.4, 0.5) is 5.13 Å². The third-order valence-electron chi connectivity index (χ3n) is 3.69. The number of anilines is 1. The van der Waals surface area contributed by atoms with E-state index >= 15 is 0 Å². The molecular weight excluding hydrogens is 254 g/mol. The zero-order valence-corrected chi connectivity index (χ0v) is 13.9. The highest BCUT2D eigenvalue weighted by Crippen LogP contribution is 2.33. The maximum atomic E-state index is 4.78. The first-order chi connectivity index (χ1) is 8.76. The lowest BCUT2D eigenvalue weighted by Crippen LogP contribution is -2.34. The SMILES string of the molecule is Cc1nc(N2CC(C)CC2C)sc1CNC(C)(C)C. The Morgan fingerprint density at radius 2 is 2.05 bits per heavy atom. The van der Waals surface area contributed by atoms with Gasteiger partial charge in [-0.3, -0.25) is 0 Å². The maximum Gasteiger partial charge on any atom is 0.186 e. The number of nitrogens with zero attached hydrogens (tertiary/aromatic N) is 2. The molecule has 1 aliphatic rings. The molecule has 1 fully saturated rings. The summed E-state index contributed by atoms with van der Waals surface area (Å²) >= 11 is 1.86. The molecule has 1 N–H and O–H groups in total. The minimum absolute atomic E-state index is 0.159. The van der Waals surface area contributed by atoms with E-state index in [0.29, 0.717) is 6.04 Å². The number of aromatic nitrogens is 1. The molecule has 108 valence electrons. The van der Waals surface area contributed by atoms with E-state index in [1.165, 1.54) is 22.1 Å². The fourth-order valence-corrected chi connectivity index (χ4v) is 3.72. The van der Waals surface area contributed by atoms with E-state index in [4.69, 9.17) is 4.98 Å². The monoisotopic (exact) mass is 281 g/mol. The Kier molecular flexibility index (Phi) is 4.21. The van der Waals surface area contributed by atoms with Gasteiger partial charge in [-0.15, -0.1) is 11.3 Å². The molecule has 2 unspecified atom stereocenters. The normalized spacial score (nSPS) is 24.2. The number of nitrogens with one attached hydrogen (secondary N) is 1. The lowest BCUT2D eigenvalue weighted by Gasteiger charge is -2.20. The maximum absolute atomic E-state index is 4.78. The summed E-state index contributed by atoms with van der Waals surface area (Å²) in [5, 5.41) is 4.76. The Balaban J connectivity index is 2.08. The summed E-state index contributed by atoms with van der Waals surface area (Å²) < 4.78 is 0. The summed E-state index contributed by atoms with van der Waals surface area (Å²) in [4.78, 5) is 8.63. The van der Waals surface area contributed by atoms with Crippen molar-refractivity contribution in [2.24, 2.45) is 5.92 Å². The van der Waals surface area contributed by atoms with Crippen LogP contribution in [0.5, 0.6) is 0 Å². The molecule has 3 nitrogen and oxygen atoms in total. The Bertz CT molecular complexity index is 433. The van der Waals surface area contributed by atoms with Gasteiger partial charge in [0, 0.05) is 29.5 Å². The summed E-state index contributed by atoms with van der Waals surface area (Å²) in [7, 11) is 0. The molecule has 0 amide bonds. The van der Waals surface area contributed by atoms with Crippen molar-refractivity contribution in [3.63, 3.8) is 0 Å². The van der Waals surface area contributed by atoms with Crippen molar-refractivity contribution in [2.45, 2.75) is 66.1 Å². The largest absolute Gasteiger partial charge is 0.345 e. The highest BCUT2D eigenvalue weighted by Gasteiger charge is 2.28. The van der Waals surface area contributed by atoms with Gasteiger partial charge in [-0.2, -0.15) is 0 Å². The van der Waals surface area contributed by atoms with Gasteiger partial charge in [-0.25, -0.2) is 4.98 Å². The average molecular weight is 281 g/mol. The van der Waals surface area contributed by atoms with Crippen LogP contribution in [-0.4, -0.2) is 23.1 Å². The zero-order valence-electron chi connectivity index (χ0n) is 13.1. The van der Waals surface area contributed by atoms with Crippen LogP contribution >= 0.6 is 11.3 Å². The second-order valence-corrected chi connectivity index (χ2v) is 8.01. The van der Waals surface area contributed by atoms with Crippen LogP contribution in [0.1, 0.15) is 51.6 Å². The predicted molar refractivity (Wildman–Crippen MR) is 84.0 cm³/mol. The van der Waals surface area contributed by atoms with Crippen molar-refractivity contribution < 1.29 is 0 Å². The molecule has 4 heteroatoms. The van der Waals surface area contributed by atoms with Crippen LogP contribution in [0.25, 0.3) is 0 Å². The van der Waals surface area contributed by atoms with Crippen LogP contribution in [0.2, 0.25) is 0 Å². The van der Waals surface area contributed by atoms with E-state index in [1.54, 1.807) is 0 Å². The summed E-state index contributed by atoms with van der Waals surface area (Å²) in [6.07, 6.45) is 1.29. The van der Waals surface area contributed by atoms with Crippen LogP contribution in [0.15, 0.2) is 0 Å². The van der Waals surface area contributed by atoms with E-state index < -0.39 is 0 Å². The van der Waals surface area contributed by atoms with Gasteiger partial charge >= 0.3 is 0 Å². The van der Waals surface area contributed by atoms with E-state index in [2.05, 4.69) is 51.8 Å². The number of thiazole rings is 1. The highest BCUT2D eigenvalue weighted by molar-refractivity contribution is 7.15. The molecule has 0 radical (unpaired) electrons. The molecule has 1 aliphatic heterocycles. The molecule has 2 atom stereocenters. The molecule has 2 heterocycles. The molecule has 19 heavy (non-hydrogen) atoms. The first-order valence-electron chi connectivity index (χ1n) is 7.24. The summed E-state index contributed by atoms with van der Waals surface area (Å²) in [5.41, 5.74) is 1.34. The van der Waals surface area contributed by atoms with Gasteiger partial charge in [0.05, 0.1) is 5.69 Å². The molecule has 0 aromatic carbocycles. The van der Waals surface area contributed by atoms with Gasteiger partial charge in [0.25, 0.3) is 0 Å². The van der Waals surface area contributed by atoms with Crippen molar-refractivity contribution >= 4 is 16.5 Å². The fraction of sp³-hybridized carbons (Fsp3) is 0.800. The molecular formula is C15H27N3S. The van der Waals surface area contributed by atoms with Crippen molar-refractivity contribution in [3.05, 3.63) is 10.6 Å². The van der Waals surface area contributed by atoms with E-state index in [1.807, 2.05) is 11.3 Å². The minimum atomic E-state index is 0.159. The third kappa shape index (κ3) is 3.69. The van der Waals surface area contributed by atoms with Crippen molar-refractivity contribution in [1.82, 2.24) is 10.3 Å². The average Bonchev–Trinajstić information content (AvgIpc) is 2.78. The van der Waals surface area contributed by atoms with E-state index in [9.17, 15) is 0 Å². The fourth-order valence-electron chi connectivity index (χ4n) is 2.61. The summed E-state index contributed by atoms with van der Waals surface area (Å²) in [6.45, 7) is 15.5. The van der Waals surface area contributed by atoms with Crippen LogP contribution in [-0.2, 0) is 6.54 Å². The molecule has 0 aliphatic carbocycles. The van der Waals surface area contributed by atoms with Crippen molar-refractivity contribution in [1.29, 1.82) is 0 Å². The summed E-state index contributed by atoms with van der Waals surface area (Å²) in [6, 6.07) is 0.629. The number of hydrogen-bond donors (Lipinski definition) is 1. The molecule has 2 rings (SSSR count). The van der Waals surface area contributed by atoms with Crippen molar-refractivity contribution in [3.8, 4) is 0 Å². The minimum Gasteiger partial charge on any atom is -0.345 e. The second kappa shape index (κ2) is 5.41. The Hall–Kier alpha value is -0.610. The zero-order chi connectivity index (χ0) is 14.2. The topological polar surface area (TPSA) is 28.2 Å². The van der Waals surface area contributed by atoms with Gasteiger partial charge in [-0.05, 0) is 47.0 Å². The van der Waals surface area contributed by atoms with Crippen LogP contribution in [0.3, 0.4) is 0 Å². The lowest BCUT2D eigenvalue weighted by atomic mass is 10.1. The molecule has 0 bridgehead atoms. The number of hydrogen-bond acceptors (Lipinski definition) is 4. The molecule has 1 aromatic rings. The quantitative estimate of drug-likeness (QED) is 0.918. The van der Waals surface area contributed by atoms with E-state index in [0.717, 1.165) is 19.0 Å². The van der Waals surface area contributed by atoms with Gasteiger partial charge < -0.3 is 10.2 Å². The lowest BCUT2D eigenvalue weighted by molar-refractivity contribution is 0.425. The number of rotatable bonds is 3. The highest BCUT2D eigenvalue weighted by atomic mass is 32.1. The first-order valence-corrected chi connectivity index (χ1v) is 8.06. The third-order valence-corrected chi connectivity index (χ3v) is 4.88. The molecule has 1 aromatic heterocycles. The Morgan fingerprint density at radius 1 is 1.37 bits per heavy atom. The van der Waals surface area contributed by atoms with Gasteiger partial charge in [-0.1, -0.05) is 6.92 Å². The van der Waals surface area contributed by atoms with Gasteiger partial charge in [0.2, 0.25) is 0 Å². The predicted octanol–water partition coefficient (Wildman–Crippen LogP) is 3.57. The first kappa shape index (κ1) is 14.8. The Labute approximate surface area is 121 Å². The Morgan fingerprint density at radius 3 is 2.58 bits per heavy atom. The van der Waals surface area contributed by atoms with Gasteiger partial charge in [0.1, 0.15) is 0 Å². The molecule has 0 spiro atoms. The smallest absolute Gasteiger partial charge is 0.186 e. The van der Waals surface area contributed by atoms with Crippen LogP contribution in [0, 0.1) is 12.8 Å². The van der Waals surface area contributed by atoms with E-state index in [-0.39, 0.29) is 5.54 Å². The number of aryl methyl sites for hydroxylation is 1. The van der Waals surface area contributed by atoms with Gasteiger partial charge in [0.15, 0.2) is 5.13 Å². The second-order valence-electron chi connectivity index (χ2n) is 6.95. The summed E-state index contributed by atoms with van der Waals surface area (Å²) in [5.74, 6) is 0.787.